The number of rotatable bonds is 4. The van der Waals surface area contributed by atoms with Crippen LogP contribution >= 0.6 is 15.9 Å². The van der Waals surface area contributed by atoms with Gasteiger partial charge in [-0.15, -0.1) is 0 Å². The van der Waals surface area contributed by atoms with E-state index >= 15 is 0 Å². The minimum atomic E-state index is -0.356. The summed E-state index contributed by atoms with van der Waals surface area (Å²) in [5.41, 5.74) is 1.11. The molecule has 17 heavy (non-hydrogen) atoms. The van der Waals surface area contributed by atoms with Gasteiger partial charge in [0.15, 0.2) is 0 Å². The second kappa shape index (κ2) is 4.29. The average molecular weight is 299 g/mol. The quantitative estimate of drug-likeness (QED) is 0.679. The van der Waals surface area contributed by atoms with Gasteiger partial charge in [-0.2, -0.15) is 0 Å². The molecule has 1 fully saturated rings. The number of nitro benzene ring substituents is 1. The molecule has 1 N–H and O–H groups in total. The molecule has 4 nitrogen and oxygen atoms in total. The standard InChI is InChI=1S/C12H15BrN2O2/c1-12(2)6-8(12)7-14-10-4-3-9(13)5-11(10)15(16)17/h3-5,8,14H,6-7H2,1-2H3. The van der Waals surface area contributed by atoms with Gasteiger partial charge in [-0.05, 0) is 29.9 Å². The maximum absolute atomic E-state index is 10.9. The molecule has 0 bridgehead atoms. The number of anilines is 1. The van der Waals surface area contributed by atoms with Crippen molar-refractivity contribution in [1.82, 2.24) is 0 Å². The zero-order chi connectivity index (χ0) is 12.6. The summed E-state index contributed by atoms with van der Waals surface area (Å²) in [6.45, 7) is 5.24. The van der Waals surface area contributed by atoms with Crippen molar-refractivity contribution < 1.29 is 4.92 Å². The third kappa shape index (κ3) is 2.77. The van der Waals surface area contributed by atoms with E-state index in [-0.39, 0.29) is 10.6 Å². The second-order valence-corrected chi connectivity index (χ2v) is 6.10. The Labute approximate surface area is 109 Å². The van der Waals surface area contributed by atoms with Crippen LogP contribution in [0.1, 0.15) is 20.3 Å². The Morgan fingerprint density at radius 3 is 2.76 bits per heavy atom. The number of halogens is 1. The minimum Gasteiger partial charge on any atom is -0.379 e. The highest BCUT2D eigenvalue weighted by molar-refractivity contribution is 9.10. The Morgan fingerprint density at radius 2 is 2.24 bits per heavy atom. The molecular weight excluding hydrogens is 284 g/mol. The fraction of sp³-hybridized carbons (Fsp3) is 0.500. The summed E-state index contributed by atoms with van der Waals surface area (Å²) < 4.78 is 0.724. The van der Waals surface area contributed by atoms with Gasteiger partial charge in [0.05, 0.1) is 4.92 Å². The number of nitrogens with zero attached hydrogens (tertiary/aromatic N) is 1. The first-order valence-electron chi connectivity index (χ1n) is 5.58. The summed E-state index contributed by atoms with van der Waals surface area (Å²) in [6, 6.07) is 5.09. The third-order valence-corrected chi connectivity index (χ3v) is 3.91. The van der Waals surface area contributed by atoms with Gasteiger partial charge in [0.25, 0.3) is 5.69 Å². The van der Waals surface area contributed by atoms with Gasteiger partial charge in [-0.25, -0.2) is 0 Å². The fourth-order valence-corrected chi connectivity index (χ4v) is 2.31. The maximum atomic E-state index is 10.9. The van der Waals surface area contributed by atoms with E-state index in [2.05, 4.69) is 35.1 Å². The first-order valence-corrected chi connectivity index (χ1v) is 6.37. The Bertz CT molecular complexity index is 460. The molecule has 5 heteroatoms. The number of hydrogen-bond donors (Lipinski definition) is 1. The van der Waals surface area contributed by atoms with Crippen LogP contribution in [-0.4, -0.2) is 11.5 Å². The van der Waals surface area contributed by atoms with E-state index in [0.717, 1.165) is 11.0 Å². The summed E-state index contributed by atoms with van der Waals surface area (Å²) in [7, 11) is 0. The molecule has 1 saturated carbocycles. The van der Waals surface area contributed by atoms with Gasteiger partial charge < -0.3 is 5.32 Å². The highest BCUT2D eigenvalue weighted by atomic mass is 79.9. The molecule has 0 saturated heterocycles. The van der Waals surface area contributed by atoms with Gasteiger partial charge in [0.2, 0.25) is 0 Å². The van der Waals surface area contributed by atoms with Crippen molar-refractivity contribution in [3.63, 3.8) is 0 Å². The summed E-state index contributed by atoms with van der Waals surface area (Å²) >= 11 is 3.24. The SMILES string of the molecule is CC1(C)CC1CNc1ccc(Br)cc1[N+](=O)[O-]. The number of benzene rings is 1. The Hall–Kier alpha value is -1.10. The molecule has 0 heterocycles. The van der Waals surface area contributed by atoms with Gasteiger partial charge >= 0.3 is 0 Å². The first-order chi connectivity index (χ1) is 7.90. The van der Waals surface area contributed by atoms with E-state index < -0.39 is 0 Å². The molecule has 0 amide bonds. The van der Waals surface area contributed by atoms with E-state index in [1.54, 1.807) is 6.07 Å². The van der Waals surface area contributed by atoms with E-state index in [1.807, 2.05) is 6.07 Å². The van der Waals surface area contributed by atoms with Crippen molar-refractivity contribution in [2.45, 2.75) is 20.3 Å². The molecule has 2 rings (SSSR count). The Balaban J connectivity index is 2.08. The van der Waals surface area contributed by atoms with E-state index in [4.69, 9.17) is 0 Å². The van der Waals surface area contributed by atoms with Crippen LogP contribution in [0.15, 0.2) is 22.7 Å². The number of nitro groups is 1. The highest BCUT2D eigenvalue weighted by Crippen LogP contribution is 2.51. The van der Waals surface area contributed by atoms with E-state index in [1.165, 1.54) is 12.5 Å². The Kier molecular flexibility index (Phi) is 3.12. The molecule has 0 aromatic heterocycles. The summed E-state index contributed by atoms with van der Waals surface area (Å²) in [4.78, 5) is 10.6. The lowest BCUT2D eigenvalue weighted by molar-refractivity contribution is -0.384. The van der Waals surface area contributed by atoms with Crippen LogP contribution in [0.25, 0.3) is 0 Å². The average Bonchev–Trinajstić information content (AvgIpc) is 2.84. The van der Waals surface area contributed by atoms with Crippen LogP contribution in [0, 0.1) is 21.4 Å². The van der Waals surface area contributed by atoms with Crippen molar-refractivity contribution in [1.29, 1.82) is 0 Å². The van der Waals surface area contributed by atoms with Crippen LogP contribution in [0.3, 0.4) is 0 Å². The minimum absolute atomic E-state index is 0.123. The van der Waals surface area contributed by atoms with Crippen molar-refractivity contribution in [3.05, 3.63) is 32.8 Å². The zero-order valence-electron chi connectivity index (χ0n) is 9.87. The Morgan fingerprint density at radius 1 is 1.59 bits per heavy atom. The molecule has 0 radical (unpaired) electrons. The molecule has 0 aliphatic heterocycles. The first kappa shape index (κ1) is 12.4. The van der Waals surface area contributed by atoms with Crippen molar-refractivity contribution >= 4 is 27.3 Å². The monoisotopic (exact) mass is 298 g/mol. The predicted molar refractivity (Wildman–Crippen MR) is 71.2 cm³/mol. The molecular formula is C12H15BrN2O2. The largest absolute Gasteiger partial charge is 0.379 e. The van der Waals surface area contributed by atoms with Crippen LogP contribution in [-0.2, 0) is 0 Å². The van der Waals surface area contributed by atoms with Crippen molar-refractivity contribution in [3.8, 4) is 0 Å². The van der Waals surface area contributed by atoms with Crippen LogP contribution in [0.5, 0.6) is 0 Å². The lowest BCUT2D eigenvalue weighted by Crippen LogP contribution is -2.08. The smallest absolute Gasteiger partial charge is 0.293 e. The summed E-state index contributed by atoms with van der Waals surface area (Å²) in [5.74, 6) is 0.616. The molecule has 1 atom stereocenters. The van der Waals surface area contributed by atoms with Gasteiger partial charge in [0, 0.05) is 17.1 Å². The van der Waals surface area contributed by atoms with Gasteiger partial charge in [-0.3, -0.25) is 10.1 Å². The van der Waals surface area contributed by atoms with Crippen LogP contribution in [0.2, 0.25) is 0 Å². The second-order valence-electron chi connectivity index (χ2n) is 5.19. The predicted octanol–water partition coefficient (Wildman–Crippen LogP) is 3.82. The van der Waals surface area contributed by atoms with Crippen LogP contribution in [0.4, 0.5) is 11.4 Å². The van der Waals surface area contributed by atoms with Crippen LogP contribution < -0.4 is 5.32 Å². The zero-order valence-corrected chi connectivity index (χ0v) is 11.5. The normalized spacial score (nSPS) is 21.0. The van der Waals surface area contributed by atoms with Crippen molar-refractivity contribution in [2.75, 3.05) is 11.9 Å². The van der Waals surface area contributed by atoms with E-state index in [9.17, 15) is 10.1 Å². The molecule has 1 aliphatic rings. The molecule has 1 aromatic carbocycles. The third-order valence-electron chi connectivity index (χ3n) is 3.41. The molecule has 0 spiro atoms. The fourth-order valence-electron chi connectivity index (χ4n) is 1.96. The summed E-state index contributed by atoms with van der Waals surface area (Å²) in [6.07, 6.45) is 1.18. The van der Waals surface area contributed by atoms with Gasteiger partial charge in [0.1, 0.15) is 5.69 Å². The molecule has 1 aliphatic carbocycles. The number of nitrogens with one attached hydrogen (secondary N) is 1. The topological polar surface area (TPSA) is 55.2 Å². The summed E-state index contributed by atoms with van der Waals surface area (Å²) in [5, 5.41) is 14.1. The maximum Gasteiger partial charge on any atom is 0.293 e. The highest BCUT2D eigenvalue weighted by Gasteiger charge is 2.45. The molecule has 92 valence electrons. The lowest BCUT2D eigenvalue weighted by Gasteiger charge is -2.08. The lowest BCUT2D eigenvalue weighted by atomic mass is 10.1. The molecule has 1 aromatic rings. The van der Waals surface area contributed by atoms with Crippen molar-refractivity contribution in [2.24, 2.45) is 11.3 Å². The number of hydrogen-bond acceptors (Lipinski definition) is 3. The van der Waals surface area contributed by atoms with E-state index in [0.29, 0.717) is 17.0 Å². The molecule has 1 unspecified atom stereocenters. The van der Waals surface area contributed by atoms with Gasteiger partial charge in [-0.1, -0.05) is 29.8 Å².